The molecule has 3 heteroatoms. The Morgan fingerprint density at radius 1 is 1.00 bits per heavy atom. The summed E-state index contributed by atoms with van der Waals surface area (Å²) in [6.45, 7) is 2.16. The second-order valence-corrected chi connectivity index (χ2v) is 5.10. The van der Waals surface area contributed by atoms with E-state index in [1.165, 1.54) is 27.5 Å². The number of fused-ring (bicyclic) bond motifs is 1. The van der Waals surface area contributed by atoms with Crippen molar-refractivity contribution >= 4 is 10.8 Å². The lowest BCUT2D eigenvalue weighted by Gasteiger charge is -2.21. The summed E-state index contributed by atoms with van der Waals surface area (Å²) in [7, 11) is 1.99. The molecule has 1 unspecified atom stereocenters. The highest BCUT2D eigenvalue weighted by atomic mass is 14.9. The third kappa shape index (κ3) is 2.52. The van der Waals surface area contributed by atoms with E-state index in [1.807, 2.05) is 37.9 Å². The number of hydrogen-bond acceptors (Lipinski definition) is 3. The summed E-state index contributed by atoms with van der Waals surface area (Å²) in [6.07, 6.45) is 8.66. The van der Waals surface area contributed by atoms with Crippen molar-refractivity contribution in [3.63, 3.8) is 0 Å². The first-order valence-corrected chi connectivity index (χ1v) is 7.27. The lowest BCUT2D eigenvalue weighted by atomic mass is 9.93. The van der Waals surface area contributed by atoms with Gasteiger partial charge in [-0.2, -0.15) is 0 Å². The zero-order valence-corrected chi connectivity index (χ0v) is 12.4. The summed E-state index contributed by atoms with van der Waals surface area (Å²) < 4.78 is 0. The van der Waals surface area contributed by atoms with Crippen LogP contribution >= 0.6 is 0 Å². The number of pyridine rings is 2. The number of aryl methyl sites for hydroxylation is 1. The second-order valence-electron chi connectivity index (χ2n) is 5.10. The Morgan fingerprint density at radius 2 is 1.86 bits per heavy atom. The molecule has 1 N–H and O–H groups in total. The van der Waals surface area contributed by atoms with Crippen molar-refractivity contribution < 1.29 is 0 Å². The molecule has 1 aromatic carbocycles. The van der Waals surface area contributed by atoms with Crippen LogP contribution in [0.15, 0.2) is 55.1 Å². The van der Waals surface area contributed by atoms with E-state index in [0.29, 0.717) is 0 Å². The van der Waals surface area contributed by atoms with E-state index >= 15 is 0 Å². The summed E-state index contributed by atoms with van der Waals surface area (Å²) in [5.41, 5.74) is 3.74. The van der Waals surface area contributed by atoms with Gasteiger partial charge in [-0.15, -0.1) is 0 Å². The highest BCUT2D eigenvalue weighted by Gasteiger charge is 2.17. The Morgan fingerprint density at radius 3 is 2.67 bits per heavy atom. The quantitative estimate of drug-likeness (QED) is 0.793. The number of nitrogens with zero attached hydrogens (tertiary/aromatic N) is 2. The highest BCUT2D eigenvalue weighted by Crippen LogP contribution is 2.29. The molecule has 2 heterocycles. The first-order valence-electron chi connectivity index (χ1n) is 7.27. The molecule has 21 heavy (non-hydrogen) atoms. The summed E-state index contributed by atoms with van der Waals surface area (Å²) >= 11 is 0. The van der Waals surface area contributed by atoms with E-state index < -0.39 is 0 Å². The zero-order valence-electron chi connectivity index (χ0n) is 12.4. The van der Waals surface area contributed by atoms with Crippen molar-refractivity contribution in [3.05, 3.63) is 71.8 Å². The van der Waals surface area contributed by atoms with Crippen LogP contribution in [-0.4, -0.2) is 17.0 Å². The number of nitrogens with one attached hydrogen (secondary N) is 1. The van der Waals surface area contributed by atoms with Gasteiger partial charge in [0.1, 0.15) is 0 Å². The monoisotopic (exact) mass is 277 g/mol. The van der Waals surface area contributed by atoms with Crippen molar-refractivity contribution in [1.82, 2.24) is 15.3 Å². The molecule has 0 saturated carbocycles. The average molecular weight is 277 g/mol. The van der Waals surface area contributed by atoms with Gasteiger partial charge < -0.3 is 5.32 Å². The summed E-state index contributed by atoms with van der Waals surface area (Å²) in [6, 6.07) is 10.6. The Balaban J connectivity index is 2.19. The zero-order chi connectivity index (χ0) is 14.7. The fraction of sp³-hybridized carbons (Fsp3) is 0.222. The van der Waals surface area contributed by atoms with Crippen LogP contribution in [-0.2, 0) is 6.42 Å². The van der Waals surface area contributed by atoms with Gasteiger partial charge in [0.05, 0.1) is 6.04 Å². The summed E-state index contributed by atoms with van der Waals surface area (Å²) in [5, 5.41) is 5.84. The molecular weight excluding hydrogens is 258 g/mol. The smallest absolute Gasteiger partial charge is 0.0599 e. The van der Waals surface area contributed by atoms with Gasteiger partial charge in [-0.05, 0) is 41.6 Å². The third-order valence-corrected chi connectivity index (χ3v) is 3.93. The first kappa shape index (κ1) is 13.7. The van der Waals surface area contributed by atoms with Crippen LogP contribution in [0.4, 0.5) is 0 Å². The van der Waals surface area contributed by atoms with Crippen molar-refractivity contribution in [2.45, 2.75) is 19.4 Å². The van der Waals surface area contributed by atoms with Crippen LogP contribution in [0.1, 0.15) is 29.7 Å². The summed E-state index contributed by atoms with van der Waals surface area (Å²) in [4.78, 5) is 8.65. The van der Waals surface area contributed by atoms with Crippen molar-refractivity contribution in [3.8, 4) is 0 Å². The standard InChI is InChI=1S/C18H19N3/c1-3-13-10-20-9-8-16(13)18(19-2)17-12-21-11-14-6-4-5-7-15(14)17/h4-12,18-19H,3H2,1-2H3. The van der Waals surface area contributed by atoms with Crippen molar-refractivity contribution in [2.24, 2.45) is 0 Å². The molecule has 3 nitrogen and oxygen atoms in total. The molecule has 0 spiro atoms. The molecule has 106 valence electrons. The van der Waals surface area contributed by atoms with Crippen LogP contribution in [0.2, 0.25) is 0 Å². The maximum absolute atomic E-state index is 4.41. The van der Waals surface area contributed by atoms with E-state index in [9.17, 15) is 0 Å². The molecule has 0 saturated heterocycles. The van der Waals surface area contributed by atoms with Crippen LogP contribution in [0.3, 0.4) is 0 Å². The van der Waals surface area contributed by atoms with Crippen LogP contribution in [0.5, 0.6) is 0 Å². The number of hydrogen-bond donors (Lipinski definition) is 1. The highest BCUT2D eigenvalue weighted by molar-refractivity contribution is 5.85. The molecule has 0 bridgehead atoms. The van der Waals surface area contributed by atoms with E-state index in [2.05, 4.69) is 46.5 Å². The molecule has 3 aromatic rings. The lowest BCUT2D eigenvalue weighted by molar-refractivity contribution is 0.684. The molecule has 0 aliphatic carbocycles. The van der Waals surface area contributed by atoms with E-state index in [4.69, 9.17) is 0 Å². The minimum Gasteiger partial charge on any atom is -0.309 e. The Labute approximate surface area is 125 Å². The topological polar surface area (TPSA) is 37.8 Å². The average Bonchev–Trinajstić information content (AvgIpc) is 2.56. The van der Waals surface area contributed by atoms with Crippen LogP contribution in [0.25, 0.3) is 10.8 Å². The first-order chi connectivity index (χ1) is 10.3. The minimum atomic E-state index is 0.126. The van der Waals surface area contributed by atoms with Gasteiger partial charge in [-0.25, -0.2) is 0 Å². The third-order valence-electron chi connectivity index (χ3n) is 3.93. The Kier molecular flexibility index (Phi) is 3.93. The molecule has 0 aliphatic rings. The molecular formula is C18H19N3. The van der Waals surface area contributed by atoms with Crippen molar-refractivity contribution in [1.29, 1.82) is 0 Å². The lowest BCUT2D eigenvalue weighted by Crippen LogP contribution is -2.19. The molecule has 0 aliphatic heterocycles. The Bertz CT molecular complexity index is 747. The van der Waals surface area contributed by atoms with Crippen LogP contribution in [0, 0.1) is 0 Å². The number of rotatable bonds is 4. The normalized spacial score (nSPS) is 12.5. The van der Waals surface area contributed by atoms with Gasteiger partial charge >= 0.3 is 0 Å². The van der Waals surface area contributed by atoms with Gasteiger partial charge in [0.15, 0.2) is 0 Å². The molecule has 1 atom stereocenters. The maximum atomic E-state index is 4.41. The largest absolute Gasteiger partial charge is 0.309 e. The predicted octanol–water partition coefficient (Wildman–Crippen LogP) is 3.50. The van der Waals surface area contributed by atoms with E-state index in [-0.39, 0.29) is 6.04 Å². The number of benzene rings is 1. The fourth-order valence-corrected chi connectivity index (χ4v) is 2.86. The van der Waals surface area contributed by atoms with E-state index in [1.54, 1.807) is 0 Å². The van der Waals surface area contributed by atoms with Gasteiger partial charge in [0, 0.05) is 30.2 Å². The Hall–Kier alpha value is -2.26. The minimum absolute atomic E-state index is 0.126. The van der Waals surface area contributed by atoms with Gasteiger partial charge in [-0.1, -0.05) is 31.2 Å². The fourth-order valence-electron chi connectivity index (χ4n) is 2.86. The SMILES string of the molecule is CCc1cnccc1C(NC)c1cncc2ccccc12. The summed E-state index contributed by atoms with van der Waals surface area (Å²) in [5.74, 6) is 0. The predicted molar refractivity (Wildman–Crippen MR) is 86.3 cm³/mol. The number of aromatic nitrogens is 2. The molecule has 0 fully saturated rings. The van der Waals surface area contributed by atoms with Gasteiger partial charge in [0.25, 0.3) is 0 Å². The molecule has 3 rings (SSSR count). The second kappa shape index (κ2) is 6.02. The maximum Gasteiger partial charge on any atom is 0.0599 e. The van der Waals surface area contributed by atoms with Gasteiger partial charge in [0.2, 0.25) is 0 Å². The van der Waals surface area contributed by atoms with Crippen molar-refractivity contribution in [2.75, 3.05) is 7.05 Å². The molecule has 0 amide bonds. The molecule has 0 radical (unpaired) electrons. The molecule has 2 aromatic heterocycles. The van der Waals surface area contributed by atoms with Gasteiger partial charge in [-0.3, -0.25) is 9.97 Å². The van der Waals surface area contributed by atoms with Crippen LogP contribution < -0.4 is 5.32 Å². The van der Waals surface area contributed by atoms with E-state index in [0.717, 1.165) is 6.42 Å².